The van der Waals surface area contributed by atoms with Crippen molar-refractivity contribution in [3.63, 3.8) is 0 Å². The molecular weight excluding hydrogens is 427 g/mol. The van der Waals surface area contributed by atoms with Gasteiger partial charge in [0.1, 0.15) is 0 Å². The van der Waals surface area contributed by atoms with E-state index in [1.165, 1.54) is 0 Å². The van der Waals surface area contributed by atoms with Crippen molar-refractivity contribution < 1.29 is 8.42 Å². The molecule has 8 heteroatoms. The fourth-order valence-electron chi connectivity index (χ4n) is 2.62. The van der Waals surface area contributed by atoms with Crippen LogP contribution in [0.3, 0.4) is 0 Å². The van der Waals surface area contributed by atoms with Crippen molar-refractivity contribution in [1.29, 1.82) is 0 Å². The van der Waals surface area contributed by atoms with E-state index in [1.807, 2.05) is 13.1 Å². The second-order valence-corrected chi connectivity index (χ2v) is 7.30. The minimum absolute atomic E-state index is 0. The normalized spacial score (nSPS) is 17.4. The molecule has 0 amide bonds. The Morgan fingerprint density at radius 1 is 1.26 bits per heavy atom. The average molecular weight is 452 g/mol. The maximum atomic E-state index is 12.5. The van der Waals surface area contributed by atoms with Gasteiger partial charge in [-0.25, -0.2) is 8.42 Å². The summed E-state index contributed by atoms with van der Waals surface area (Å²) in [5.41, 5.74) is 0. The van der Waals surface area contributed by atoms with E-state index in [4.69, 9.17) is 0 Å². The van der Waals surface area contributed by atoms with Crippen molar-refractivity contribution in [2.45, 2.75) is 17.7 Å². The van der Waals surface area contributed by atoms with Crippen molar-refractivity contribution >= 4 is 40.0 Å². The lowest BCUT2D eigenvalue weighted by Gasteiger charge is -2.31. The van der Waals surface area contributed by atoms with Crippen molar-refractivity contribution in [2.75, 3.05) is 33.7 Å². The van der Waals surface area contributed by atoms with Crippen LogP contribution >= 0.6 is 24.0 Å². The summed E-state index contributed by atoms with van der Waals surface area (Å²) < 4.78 is 26.7. The molecule has 0 spiro atoms. The predicted molar refractivity (Wildman–Crippen MR) is 104 cm³/mol. The topological polar surface area (TPSA) is 73.8 Å². The van der Waals surface area contributed by atoms with Crippen LogP contribution in [0.1, 0.15) is 12.8 Å². The third-order valence-electron chi connectivity index (χ3n) is 3.97. The highest BCUT2D eigenvalue weighted by Gasteiger charge is 2.29. The highest BCUT2D eigenvalue weighted by Crippen LogP contribution is 2.23. The molecule has 6 nitrogen and oxygen atoms in total. The molecule has 0 saturated carbocycles. The Morgan fingerprint density at radius 3 is 2.39 bits per heavy atom. The summed E-state index contributed by atoms with van der Waals surface area (Å²) in [7, 11) is 0.205. The summed E-state index contributed by atoms with van der Waals surface area (Å²) in [4.78, 5) is 4.45. The Labute approximate surface area is 155 Å². The van der Waals surface area contributed by atoms with E-state index in [-0.39, 0.29) is 24.0 Å². The first-order valence-corrected chi connectivity index (χ1v) is 8.95. The number of halogens is 1. The molecule has 0 bridgehead atoms. The molecule has 2 N–H and O–H groups in total. The van der Waals surface area contributed by atoms with Gasteiger partial charge < -0.3 is 10.6 Å². The van der Waals surface area contributed by atoms with Crippen LogP contribution < -0.4 is 10.6 Å². The zero-order valence-electron chi connectivity index (χ0n) is 13.5. The van der Waals surface area contributed by atoms with Gasteiger partial charge in [0.2, 0.25) is 10.0 Å². The Balaban J connectivity index is 0.00000264. The summed E-state index contributed by atoms with van der Waals surface area (Å²) in [5.74, 6) is 1.23. The van der Waals surface area contributed by atoms with Gasteiger partial charge in [-0.15, -0.1) is 24.0 Å². The number of piperidine rings is 1. The van der Waals surface area contributed by atoms with Crippen LogP contribution in [-0.4, -0.2) is 52.4 Å². The Bertz CT molecular complexity index is 599. The molecule has 130 valence electrons. The van der Waals surface area contributed by atoms with Gasteiger partial charge in [-0.2, -0.15) is 4.31 Å². The molecule has 0 aromatic heterocycles. The van der Waals surface area contributed by atoms with Gasteiger partial charge in [-0.1, -0.05) is 18.2 Å². The van der Waals surface area contributed by atoms with E-state index >= 15 is 0 Å². The number of guanidine groups is 1. The van der Waals surface area contributed by atoms with E-state index in [1.54, 1.807) is 35.6 Å². The number of nitrogens with one attached hydrogen (secondary N) is 2. The average Bonchev–Trinajstić information content (AvgIpc) is 2.57. The molecular formula is C15H25IN4O2S. The lowest BCUT2D eigenvalue weighted by molar-refractivity contribution is 0.273. The van der Waals surface area contributed by atoms with E-state index in [9.17, 15) is 8.42 Å². The zero-order valence-corrected chi connectivity index (χ0v) is 16.7. The SMILES string of the molecule is CN=C(NC)NCC1CCN(S(=O)(=O)c2ccccc2)CC1.I. The van der Waals surface area contributed by atoms with Crippen LogP contribution in [0.2, 0.25) is 0 Å². The molecule has 1 heterocycles. The standard InChI is InChI=1S/C15H24N4O2S.HI/c1-16-15(17-2)18-12-13-8-10-19(11-9-13)22(20,21)14-6-4-3-5-7-14;/h3-7,13H,8-12H2,1-2H3,(H2,16,17,18);1H. The molecule has 1 aromatic carbocycles. The van der Waals surface area contributed by atoms with Crippen LogP contribution in [-0.2, 0) is 10.0 Å². The van der Waals surface area contributed by atoms with E-state index in [0.29, 0.717) is 23.9 Å². The van der Waals surface area contributed by atoms with E-state index < -0.39 is 10.0 Å². The third kappa shape index (κ3) is 5.32. The number of nitrogens with zero attached hydrogens (tertiary/aromatic N) is 2. The van der Waals surface area contributed by atoms with Crippen LogP contribution in [0.15, 0.2) is 40.2 Å². The first-order valence-electron chi connectivity index (χ1n) is 7.51. The fraction of sp³-hybridized carbons (Fsp3) is 0.533. The molecule has 1 saturated heterocycles. The molecule has 0 aliphatic carbocycles. The largest absolute Gasteiger partial charge is 0.359 e. The van der Waals surface area contributed by atoms with E-state index in [2.05, 4.69) is 15.6 Å². The second kappa shape index (κ2) is 9.43. The number of aliphatic imine (C=N–C) groups is 1. The number of hydrogen-bond acceptors (Lipinski definition) is 3. The molecule has 1 aliphatic heterocycles. The van der Waals surface area contributed by atoms with Crippen LogP contribution in [0, 0.1) is 5.92 Å². The van der Waals surface area contributed by atoms with Crippen molar-refractivity contribution in [1.82, 2.24) is 14.9 Å². The zero-order chi connectivity index (χ0) is 16.0. The van der Waals surface area contributed by atoms with Crippen LogP contribution in [0.4, 0.5) is 0 Å². The van der Waals surface area contributed by atoms with Gasteiger partial charge in [0, 0.05) is 33.7 Å². The summed E-state index contributed by atoms with van der Waals surface area (Å²) in [5, 5.41) is 6.22. The van der Waals surface area contributed by atoms with Crippen molar-refractivity contribution in [3.05, 3.63) is 30.3 Å². The smallest absolute Gasteiger partial charge is 0.243 e. The molecule has 1 aromatic rings. The maximum Gasteiger partial charge on any atom is 0.243 e. The highest BCUT2D eigenvalue weighted by molar-refractivity contribution is 14.0. The van der Waals surface area contributed by atoms with Gasteiger partial charge in [0.25, 0.3) is 0 Å². The van der Waals surface area contributed by atoms with Crippen molar-refractivity contribution in [3.8, 4) is 0 Å². The lowest BCUT2D eigenvalue weighted by atomic mass is 9.98. The molecule has 0 atom stereocenters. The number of benzene rings is 1. The van der Waals surface area contributed by atoms with Gasteiger partial charge in [-0.3, -0.25) is 4.99 Å². The molecule has 0 unspecified atom stereocenters. The first kappa shape index (κ1) is 20.2. The van der Waals surface area contributed by atoms with Gasteiger partial charge in [-0.05, 0) is 30.9 Å². The predicted octanol–water partition coefficient (Wildman–Crippen LogP) is 1.50. The molecule has 1 fully saturated rings. The molecule has 23 heavy (non-hydrogen) atoms. The van der Waals surface area contributed by atoms with Crippen LogP contribution in [0.5, 0.6) is 0 Å². The molecule has 0 radical (unpaired) electrons. The fourth-order valence-corrected chi connectivity index (χ4v) is 4.11. The minimum Gasteiger partial charge on any atom is -0.359 e. The minimum atomic E-state index is -3.35. The van der Waals surface area contributed by atoms with Crippen molar-refractivity contribution in [2.24, 2.45) is 10.9 Å². The number of rotatable bonds is 4. The Morgan fingerprint density at radius 2 is 1.87 bits per heavy atom. The monoisotopic (exact) mass is 452 g/mol. The highest BCUT2D eigenvalue weighted by atomic mass is 127. The summed E-state index contributed by atoms with van der Waals surface area (Å²) in [6, 6.07) is 8.64. The molecule has 2 rings (SSSR count). The lowest BCUT2D eigenvalue weighted by Crippen LogP contribution is -2.43. The van der Waals surface area contributed by atoms with Gasteiger partial charge in [0.15, 0.2) is 5.96 Å². The third-order valence-corrected chi connectivity index (χ3v) is 5.89. The van der Waals surface area contributed by atoms with Crippen LogP contribution in [0.25, 0.3) is 0 Å². The first-order chi connectivity index (χ1) is 10.6. The Hall–Kier alpha value is -0.870. The Kier molecular flexibility index (Phi) is 8.27. The van der Waals surface area contributed by atoms with Gasteiger partial charge >= 0.3 is 0 Å². The summed E-state index contributed by atoms with van der Waals surface area (Å²) in [6.07, 6.45) is 1.72. The van der Waals surface area contributed by atoms with E-state index in [0.717, 1.165) is 25.3 Å². The van der Waals surface area contributed by atoms with Gasteiger partial charge in [0.05, 0.1) is 4.90 Å². The number of hydrogen-bond donors (Lipinski definition) is 2. The maximum absolute atomic E-state index is 12.5. The molecule has 1 aliphatic rings. The second-order valence-electron chi connectivity index (χ2n) is 5.36. The number of sulfonamides is 1. The summed E-state index contributed by atoms with van der Waals surface area (Å²) >= 11 is 0. The quantitative estimate of drug-likeness (QED) is 0.413. The summed E-state index contributed by atoms with van der Waals surface area (Å²) in [6.45, 7) is 1.95.